The van der Waals surface area contributed by atoms with Crippen molar-refractivity contribution in [1.82, 2.24) is 19.6 Å². The third-order valence-electron chi connectivity index (χ3n) is 4.47. The van der Waals surface area contributed by atoms with Gasteiger partial charge in [-0.2, -0.15) is 10.2 Å². The van der Waals surface area contributed by atoms with Gasteiger partial charge in [-0.1, -0.05) is 59.4 Å². The monoisotopic (exact) mass is 473 g/mol. The molecular weight excluding hydrogens is 456 g/mol. The van der Waals surface area contributed by atoms with Gasteiger partial charge in [0.15, 0.2) is 5.82 Å². The highest BCUT2D eigenvalue weighted by Crippen LogP contribution is 2.25. The molecule has 2 heterocycles. The van der Waals surface area contributed by atoms with Crippen LogP contribution >= 0.6 is 46.4 Å². The van der Waals surface area contributed by atoms with E-state index in [1.807, 2.05) is 19.9 Å². The number of aryl methyl sites for hydroxylation is 1. The van der Waals surface area contributed by atoms with E-state index >= 15 is 0 Å². The molecule has 3 aromatic rings. The van der Waals surface area contributed by atoms with E-state index in [1.165, 1.54) is 0 Å². The Morgan fingerprint density at radius 1 is 1.10 bits per heavy atom. The second kappa shape index (κ2) is 8.96. The fraction of sp³-hybridized carbons (Fsp3) is 0.316. The lowest BCUT2D eigenvalue weighted by Gasteiger charge is -2.12. The first-order chi connectivity index (χ1) is 13.7. The number of rotatable bonds is 6. The van der Waals surface area contributed by atoms with Gasteiger partial charge in [0.05, 0.1) is 45.5 Å². The Labute approximate surface area is 188 Å². The Bertz CT molecular complexity index is 1060. The third-order valence-corrected chi connectivity index (χ3v) is 6.04. The first-order valence-electron chi connectivity index (χ1n) is 8.83. The molecule has 0 bridgehead atoms. The lowest BCUT2D eigenvalue weighted by atomic mass is 10.1. The van der Waals surface area contributed by atoms with Gasteiger partial charge in [-0.3, -0.25) is 14.2 Å². The second-order valence-corrected chi connectivity index (χ2v) is 8.43. The maximum Gasteiger partial charge on any atom is 0.230 e. The maximum absolute atomic E-state index is 12.6. The minimum Gasteiger partial charge on any atom is -0.308 e. The van der Waals surface area contributed by atoms with E-state index in [9.17, 15) is 4.79 Å². The topological polar surface area (TPSA) is 64.7 Å². The van der Waals surface area contributed by atoms with Crippen LogP contribution in [0.25, 0.3) is 0 Å². The zero-order chi connectivity index (χ0) is 21.3. The lowest BCUT2D eigenvalue weighted by Crippen LogP contribution is -2.25. The number of nitrogens with one attached hydrogen (secondary N) is 1. The van der Waals surface area contributed by atoms with Crippen LogP contribution in [-0.2, 0) is 17.9 Å². The van der Waals surface area contributed by atoms with Gasteiger partial charge < -0.3 is 5.32 Å². The second-order valence-electron chi connectivity index (χ2n) is 6.83. The zero-order valence-corrected chi connectivity index (χ0v) is 19.0. The minimum atomic E-state index is -0.361. The van der Waals surface area contributed by atoms with Crippen molar-refractivity contribution in [2.45, 2.75) is 33.9 Å². The molecule has 29 heavy (non-hydrogen) atoms. The SMILES string of the molecule is Cc1nn(CC(C)C(=O)Nc2nn(Cc3ccc(Cl)c(Cl)c3)cc2Cl)c(C)c1Cl. The first-order valence-corrected chi connectivity index (χ1v) is 10.3. The molecule has 0 aliphatic rings. The molecule has 0 aliphatic heterocycles. The molecule has 10 heteroatoms. The highest BCUT2D eigenvalue weighted by molar-refractivity contribution is 6.42. The number of amides is 1. The fourth-order valence-electron chi connectivity index (χ4n) is 2.82. The van der Waals surface area contributed by atoms with E-state index in [2.05, 4.69) is 15.5 Å². The molecule has 0 fully saturated rings. The van der Waals surface area contributed by atoms with Crippen molar-refractivity contribution in [3.8, 4) is 0 Å². The summed E-state index contributed by atoms with van der Waals surface area (Å²) >= 11 is 24.4. The molecule has 1 unspecified atom stereocenters. The summed E-state index contributed by atoms with van der Waals surface area (Å²) in [6.07, 6.45) is 1.64. The molecule has 0 saturated carbocycles. The Morgan fingerprint density at radius 2 is 1.83 bits per heavy atom. The van der Waals surface area contributed by atoms with Crippen molar-refractivity contribution in [3.63, 3.8) is 0 Å². The molecule has 0 spiro atoms. The average molecular weight is 475 g/mol. The summed E-state index contributed by atoms with van der Waals surface area (Å²) in [5.74, 6) is -0.273. The Hall–Kier alpha value is -1.73. The lowest BCUT2D eigenvalue weighted by molar-refractivity contribution is -0.119. The van der Waals surface area contributed by atoms with Crippen LogP contribution in [0.15, 0.2) is 24.4 Å². The number of halogens is 4. The number of anilines is 1. The van der Waals surface area contributed by atoms with Crippen molar-refractivity contribution in [2.24, 2.45) is 5.92 Å². The summed E-state index contributed by atoms with van der Waals surface area (Å²) in [7, 11) is 0. The standard InChI is InChI=1S/C19H19Cl4N5O/c1-10(7-28-12(3)17(23)11(2)25-28)19(29)24-18-16(22)9-27(26-18)8-13-4-5-14(20)15(21)6-13/h4-6,9-10H,7-8H2,1-3H3,(H,24,26,29). The molecule has 2 aromatic heterocycles. The number of carbonyl (C=O) groups excluding carboxylic acids is 1. The predicted octanol–water partition coefficient (Wildman–Crippen LogP) is 5.63. The summed E-state index contributed by atoms with van der Waals surface area (Å²) in [5.41, 5.74) is 2.47. The third kappa shape index (κ3) is 5.07. The van der Waals surface area contributed by atoms with E-state index in [1.54, 1.807) is 34.6 Å². The Morgan fingerprint density at radius 3 is 2.45 bits per heavy atom. The van der Waals surface area contributed by atoms with Crippen molar-refractivity contribution in [3.05, 3.63) is 61.4 Å². The van der Waals surface area contributed by atoms with Gasteiger partial charge in [0.2, 0.25) is 5.91 Å². The number of benzene rings is 1. The predicted molar refractivity (Wildman–Crippen MR) is 117 cm³/mol. The number of aromatic nitrogens is 4. The van der Waals surface area contributed by atoms with Crippen molar-refractivity contribution >= 4 is 58.1 Å². The summed E-state index contributed by atoms with van der Waals surface area (Å²) < 4.78 is 3.36. The molecule has 0 radical (unpaired) electrons. The van der Waals surface area contributed by atoms with E-state index < -0.39 is 0 Å². The highest BCUT2D eigenvalue weighted by Gasteiger charge is 2.19. The van der Waals surface area contributed by atoms with Crippen molar-refractivity contribution in [2.75, 3.05) is 5.32 Å². The summed E-state index contributed by atoms with van der Waals surface area (Å²) in [5, 5.41) is 13.4. The first kappa shape index (κ1) is 22.0. The van der Waals surface area contributed by atoms with Crippen molar-refractivity contribution in [1.29, 1.82) is 0 Å². The summed E-state index contributed by atoms with van der Waals surface area (Å²) in [4.78, 5) is 12.6. The van der Waals surface area contributed by atoms with Crippen LogP contribution in [0.5, 0.6) is 0 Å². The van der Waals surface area contributed by atoms with Crippen LogP contribution in [-0.4, -0.2) is 25.5 Å². The van der Waals surface area contributed by atoms with Gasteiger partial charge in [-0.05, 0) is 31.5 Å². The molecule has 0 saturated heterocycles. The van der Waals surface area contributed by atoms with E-state index in [4.69, 9.17) is 46.4 Å². The minimum absolute atomic E-state index is 0.213. The zero-order valence-electron chi connectivity index (χ0n) is 16.0. The van der Waals surface area contributed by atoms with Gasteiger partial charge >= 0.3 is 0 Å². The van der Waals surface area contributed by atoms with Crippen LogP contribution in [0, 0.1) is 19.8 Å². The van der Waals surface area contributed by atoms with Gasteiger partial charge in [0.25, 0.3) is 0 Å². The van der Waals surface area contributed by atoms with E-state index in [0.717, 1.165) is 17.0 Å². The molecule has 1 amide bonds. The van der Waals surface area contributed by atoms with Crippen molar-refractivity contribution < 1.29 is 4.79 Å². The Balaban J connectivity index is 1.67. The fourth-order valence-corrected chi connectivity index (χ4v) is 3.48. The van der Waals surface area contributed by atoms with Gasteiger partial charge in [0, 0.05) is 6.20 Å². The van der Waals surface area contributed by atoms with Crippen LogP contribution in [0.2, 0.25) is 20.1 Å². The normalized spacial score (nSPS) is 12.2. The molecule has 154 valence electrons. The largest absolute Gasteiger partial charge is 0.308 e. The molecule has 6 nitrogen and oxygen atoms in total. The van der Waals surface area contributed by atoms with Crippen LogP contribution in [0.3, 0.4) is 0 Å². The molecule has 1 aromatic carbocycles. The number of nitrogens with zero attached hydrogens (tertiary/aromatic N) is 4. The van der Waals surface area contributed by atoms with Gasteiger partial charge in [0.1, 0.15) is 5.02 Å². The molecule has 0 aliphatic carbocycles. The van der Waals surface area contributed by atoms with Crippen LogP contribution in [0.1, 0.15) is 23.9 Å². The number of hydrogen-bond donors (Lipinski definition) is 1. The molecule has 3 rings (SSSR count). The maximum atomic E-state index is 12.6. The smallest absolute Gasteiger partial charge is 0.230 e. The van der Waals surface area contributed by atoms with E-state index in [-0.39, 0.29) is 11.8 Å². The van der Waals surface area contributed by atoms with Crippen LogP contribution < -0.4 is 5.32 Å². The highest BCUT2D eigenvalue weighted by atomic mass is 35.5. The van der Waals surface area contributed by atoms with E-state index in [0.29, 0.717) is 39.0 Å². The Kier molecular flexibility index (Phi) is 6.79. The molecular formula is C19H19Cl4N5O. The van der Waals surface area contributed by atoms with Gasteiger partial charge in [-0.25, -0.2) is 0 Å². The van der Waals surface area contributed by atoms with Gasteiger partial charge in [-0.15, -0.1) is 0 Å². The summed E-state index contributed by atoms with van der Waals surface area (Å²) in [6.45, 7) is 6.34. The molecule has 1 atom stereocenters. The molecule has 1 N–H and O–H groups in total. The number of hydrogen-bond acceptors (Lipinski definition) is 3. The quantitative estimate of drug-likeness (QED) is 0.503. The summed E-state index contributed by atoms with van der Waals surface area (Å²) in [6, 6.07) is 5.34. The van der Waals surface area contributed by atoms with Crippen LogP contribution in [0.4, 0.5) is 5.82 Å². The number of carbonyl (C=O) groups is 1. The average Bonchev–Trinajstić information content (AvgIpc) is 3.12.